The van der Waals surface area contributed by atoms with Crippen LogP contribution < -0.4 is 5.73 Å². The molecule has 0 bridgehead atoms. The van der Waals surface area contributed by atoms with Gasteiger partial charge in [-0.15, -0.1) is 16.4 Å². The molecule has 0 saturated carbocycles. The van der Waals surface area contributed by atoms with Crippen LogP contribution in [0.1, 0.15) is 34.0 Å². The van der Waals surface area contributed by atoms with Crippen molar-refractivity contribution in [1.29, 1.82) is 0 Å². The second kappa shape index (κ2) is 4.38. The van der Waals surface area contributed by atoms with Gasteiger partial charge in [-0.1, -0.05) is 11.4 Å². The van der Waals surface area contributed by atoms with Crippen LogP contribution in [0.2, 0.25) is 0 Å². The number of thiophene rings is 1. The third-order valence-corrected chi connectivity index (χ3v) is 4.15. The molecule has 0 spiro atoms. The van der Waals surface area contributed by atoms with Gasteiger partial charge in [0.2, 0.25) is 0 Å². The molecular formula is C10H13N3S2. The van der Waals surface area contributed by atoms with Gasteiger partial charge >= 0.3 is 0 Å². The molecule has 0 aliphatic rings. The number of hydrogen-bond acceptors (Lipinski definition) is 5. The fourth-order valence-electron chi connectivity index (χ4n) is 1.56. The molecule has 0 saturated heterocycles. The van der Waals surface area contributed by atoms with Gasteiger partial charge in [0.1, 0.15) is 0 Å². The average molecular weight is 239 g/mol. The lowest BCUT2D eigenvalue weighted by molar-refractivity contribution is 0.852. The van der Waals surface area contributed by atoms with Crippen LogP contribution in [0.15, 0.2) is 11.4 Å². The zero-order chi connectivity index (χ0) is 10.8. The van der Waals surface area contributed by atoms with Gasteiger partial charge in [0, 0.05) is 4.88 Å². The molecule has 80 valence electrons. The lowest BCUT2D eigenvalue weighted by Crippen LogP contribution is -2.12. The van der Waals surface area contributed by atoms with E-state index in [-0.39, 0.29) is 6.04 Å². The molecule has 2 heterocycles. The Morgan fingerprint density at radius 2 is 2.33 bits per heavy atom. The number of aryl methyl sites for hydroxylation is 2. The van der Waals surface area contributed by atoms with E-state index in [1.54, 1.807) is 11.3 Å². The summed E-state index contributed by atoms with van der Waals surface area (Å²) in [5, 5.41) is 6.16. The van der Waals surface area contributed by atoms with Crippen LogP contribution in [0, 0.1) is 6.92 Å². The minimum absolute atomic E-state index is 0.0637. The molecule has 15 heavy (non-hydrogen) atoms. The molecule has 2 aromatic heterocycles. The number of aromatic nitrogens is 2. The summed E-state index contributed by atoms with van der Waals surface area (Å²) in [6, 6.07) is 2.02. The van der Waals surface area contributed by atoms with E-state index >= 15 is 0 Å². The zero-order valence-electron chi connectivity index (χ0n) is 8.73. The number of hydrogen-bond donors (Lipinski definition) is 1. The molecule has 1 atom stereocenters. The monoisotopic (exact) mass is 239 g/mol. The van der Waals surface area contributed by atoms with E-state index in [0.29, 0.717) is 0 Å². The molecule has 0 aliphatic carbocycles. The van der Waals surface area contributed by atoms with Gasteiger partial charge in [0.15, 0.2) is 0 Å². The summed E-state index contributed by atoms with van der Waals surface area (Å²) in [5.74, 6) is 0. The molecule has 2 N–H and O–H groups in total. The van der Waals surface area contributed by atoms with Crippen molar-refractivity contribution in [3.05, 3.63) is 32.5 Å². The Balaban J connectivity index is 2.36. The van der Waals surface area contributed by atoms with Crippen LogP contribution >= 0.6 is 22.9 Å². The predicted molar refractivity (Wildman–Crippen MR) is 64.4 cm³/mol. The van der Waals surface area contributed by atoms with Crippen molar-refractivity contribution in [2.24, 2.45) is 5.73 Å². The SMILES string of the molecule is CCc1nnsc1C(N)c1ccsc1C. The maximum absolute atomic E-state index is 6.22. The standard InChI is InChI=1S/C10H13N3S2/c1-3-8-10(15-13-12-8)9(11)7-4-5-14-6(7)2/h4-5,9H,3,11H2,1-2H3. The summed E-state index contributed by atoms with van der Waals surface area (Å²) in [7, 11) is 0. The van der Waals surface area contributed by atoms with Gasteiger partial charge in [-0.2, -0.15) is 0 Å². The summed E-state index contributed by atoms with van der Waals surface area (Å²) in [6.45, 7) is 4.17. The number of nitrogens with zero attached hydrogens (tertiary/aromatic N) is 2. The van der Waals surface area contributed by atoms with Crippen molar-refractivity contribution < 1.29 is 0 Å². The summed E-state index contributed by atoms with van der Waals surface area (Å²) in [5.41, 5.74) is 8.44. The highest BCUT2D eigenvalue weighted by molar-refractivity contribution is 7.10. The Hall–Kier alpha value is -0.780. The average Bonchev–Trinajstić information content (AvgIpc) is 2.84. The van der Waals surface area contributed by atoms with Crippen molar-refractivity contribution >= 4 is 22.9 Å². The molecule has 2 aromatic rings. The van der Waals surface area contributed by atoms with Crippen molar-refractivity contribution in [3.63, 3.8) is 0 Å². The molecule has 2 rings (SSSR count). The second-order valence-corrected chi connectivity index (χ2v) is 5.25. The molecule has 1 unspecified atom stereocenters. The Labute approximate surface area is 97.1 Å². The maximum Gasteiger partial charge on any atom is 0.0804 e. The maximum atomic E-state index is 6.22. The summed E-state index contributed by atoms with van der Waals surface area (Å²) < 4.78 is 3.97. The first-order valence-electron chi connectivity index (χ1n) is 4.84. The van der Waals surface area contributed by atoms with Crippen molar-refractivity contribution in [2.75, 3.05) is 0 Å². The van der Waals surface area contributed by atoms with E-state index in [9.17, 15) is 0 Å². The summed E-state index contributed by atoms with van der Waals surface area (Å²) in [4.78, 5) is 2.37. The summed E-state index contributed by atoms with van der Waals surface area (Å²) >= 11 is 3.13. The van der Waals surface area contributed by atoms with Crippen LogP contribution in [0.5, 0.6) is 0 Å². The number of nitrogens with two attached hydrogens (primary N) is 1. The van der Waals surface area contributed by atoms with Gasteiger partial charge in [-0.25, -0.2) is 0 Å². The number of rotatable bonds is 3. The highest BCUT2D eigenvalue weighted by atomic mass is 32.1. The Morgan fingerprint density at radius 3 is 2.93 bits per heavy atom. The van der Waals surface area contributed by atoms with E-state index < -0.39 is 0 Å². The fourth-order valence-corrected chi connectivity index (χ4v) is 3.06. The fraction of sp³-hybridized carbons (Fsp3) is 0.400. The second-order valence-electron chi connectivity index (χ2n) is 3.35. The van der Waals surface area contributed by atoms with Crippen LogP contribution in [-0.4, -0.2) is 9.59 Å². The molecule has 0 radical (unpaired) electrons. The highest BCUT2D eigenvalue weighted by Crippen LogP contribution is 2.29. The van der Waals surface area contributed by atoms with Gasteiger partial charge in [-0.3, -0.25) is 0 Å². The van der Waals surface area contributed by atoms with E-state index in [1.807, 2.05) is 0 Å². The van der Waals surface area contributed by atoms with Gasteiger partial charge in [0.05, 0.1) is 16.6 Å². The summed E-state index contributed by atoms with van der Waals surface area (Å²) in [6.07, 6.45) is 0.892. The van der Waals surface area contributed by atoms with Crippen LogP contribution in [-0.2, 0) is 6.42 Å². The van der Waals surface area contributed by atoms with Crippen molar-refractivity contribution in [1.82, 2.24) is 9.59 Å². The molecule has 3 nitrogen and oxygen atoms in total. The minimum Gasteiger partial charge on any atom is -0.319 e. The molecule has 0 amide bonds. The Bertz CT molecular complexity index is 447. The third-order valence-electron chi connectivity index (χ3n) is 2.44. The smallest absolute Gasteiger partial charge is 0.0804 e. The largest absolute Gasteiger partial charge is 0.319 e. The molecule has 5 heteroatoms. The van der Waals surface area contributed by atoms with E-state index in [4.69, 9.17) is 5.73 Å². The van der Waals surface area contributed by atoms with Gasteiger partial charge in [-0.05, 0) is 41.9 Å². The van der Waals surface area contributed by atoms with E-state index in [0.717, 1.165) is 17.0 Å². The van der Waals surface area contributed by atoms with Gasteiger partial charge in [0.25, 0.3) is 0 Å². The third kappa shape index (κ3) is 1.95. The Morgan fingerprint density at radius 1 is 1.53 bits per heavy atom. The quantitative estimate of drug-likeness (QED) is 0.895. The zero-order valence-corrected chi connectivity index (χ0v) is 10.4. The van der Waals surface area contributed by atoms with Gasteiger partial charge < -0.3 is 5.73 Å². The van der Waals surface area contributed by atoms with E-state index in [1.165, 1.54) is 22.0 Å². The molecular weight excluding hydrogens is 226 g/mol. The first-order valence-corrected chi connectivity index (χ1v) is 6.50. The van der Waals surface area contributed by atoms with Crippen LogP contribution in [0.3, 0.4) is 0 Å². The van der Waals surface area contributed by atoms with Crippen LogP contribution in [0.4, 0.5) is 0 Å². The van der Waals surface area contributed by atoms with Crippen molar-refractivity contribution in [3.8, 4) is 0 Å². The van der Waals surface area contributed by atoms with E-state index in [2.05, 4.69) is 34.9 Å². The molecule has 0 aliphatic heterocycles. The highest BCUT2D eigenvalue weighted by Gasteiger charge is 2.18. The lowest BCUT2D eigenvalue weighted by Gasteiger charge is -2.09. The first-order chi connectivity index (χ1) is 7.24. The molecule has 0 fully saturated rings. The molecule has 0 aromatic carbocycles. The first kappa shape index (κ1) is 10.7. The topological polar surface area (TPSA) is 51.8 Å². The normalized spacial score (nSPS) is 13.0. The lowest BCUT2D eigenvalue weighted by atomic mass is 10.1. The van der Waals surface area contributed by atoms with Crippen LogP contribution in [0.25, 0.3) is 0 Å². The Kier molecular flexibility index (Phi) is 3.14. The minimum atomic E-state index is -0.0637. The van der Waals surface area contributed by atoms with Crippen molar-refractivity contribution in [2.45, 2.75) is 26.3 Å². The predicted octanol–water partition coefficient (Wildman–Crippen LogP) is 2.52.